The molecule has 3 rings (SSSR count). The fourth-order valence-corrected chi connectivity index (χ4v) is 6.19. The minimum Gasteiger partial charge on any atom is -0.449 e. The summed E-state index contributed by atoms with van der Waals surface area (Å²) in [6.45, 7) is 12.9. The first-order chi connectivity index (χ1) is 24.0. The fourth-order valence-electron chi connectivity index (χ4n) is 6.19. The van der Waals surface area contributed by atoms with E-state index >= 15 is 0 Å². The molecule has 51 heavy (non-hydrogen) atoms. The van der Waals surface area contributed by atoms with Gasteiger partial charge in [0.25, 0.3) is 5.91 Å². The summed E-state index contributed by atoms with van der Waals surface area (Å²) < 4.78 is 17.3. The molecule has 7 atom stereocenters. The standard InChI is InChI=1S/C36H56N6O9/c1-8-12-26(30(43)33(46)38-20-36(7)41-27(31(37)44)15-23(6)51-36)39-32(45)28-16-25(49-19-24-13-10-9-11-14-24)17-42(28)34(47)29(22(4)5)40-35(48)50-18-21(2)3/h9-11,13-14,21-23,25-29,41H,8,12,15-20H2,1-7H3,(H2,37,44)(H,38,46)(H,39,45)(H,40,48)/t23?,25-,26?,27?,28+,29?,36?/m1/s1. The molecule has 2 saturated heterocycles. The molecule has 5 unspecified atom stereocenters. The third-order valence-corrected chi connectivity index (χ3v) is 8.80. The van der Waals surface area contributed by atoms with Crippen LogP contribution in [0.25, 0.3) is 0 Å². The summed E-state index contributed by atoms with van der Waals surface area (Å²) in [6, 6.07) is 5.57. The molecule has 0 bridgehead atoms. The predicted molar refractivity (Wildman–Crippen MR) is 188 cm³/mol. The number of benzene rings is 1. The number of rotatable bonds is 17. The summed E-state index contributed by atoms with van der Waals surface area (Å²) in [5.74, 6) is -3.74. The van der Waals surface area contributed by atoms with Gasteiger partial charge < -0.3 is 40.8 Å². The lowest BCUT2D eigenvalue weighted by atomic mass is 10.0. The smallest absolute Gasteiger partial charge is 0.407 e. The molecule has 6 N–H and O–H groups in total. The van der Waals surface area contributed by atoms with Crippen molar-refractivity contribution in [3.05, 3.63) is 35.9 Å². The van der Waals surface area contributed by atoms with Crippen LogP contribution in [-0.2, 0) is 44.8 Å². The normalized spacial score (nSPS) is 24.5. The quantitative estimate of drug-likeness (QED) is 0.147. The van der Waals surface area contributed by atoms with Gasteiger partial charge in [-0.1, -0.05) is 71.4 Å². The monoisotopic (exact) mass is 716 g/mol. The number of hydrogen-bond acceptors (Lipinski definition) is 10. The number of Topliss-reactive ketones (excluding diaryl/α,β-unsaturated/α-hetero) is 1. The van der Waals surface area contributed by atoms with E-state index in [2.05, 4.69) is 21.3 Å². The van der Waals surface area contributed by atoms with Crippen LogP contribution in [0.5, 0.6) is 0 Å². The second-order valence-corrected chi connectivity index (χ2v) is 14.4. The SMILES string of the molecule is CCCC(NC(=O)[C@@H]1C[C@@H](OCc2ccccc2)CN1C(=O)C(NC(=O)OCC(C)C)C(C)C)C(=O)C(=O)NCC1(C)NC(C(N)=O)CC(C)O1. The first kappa shape index (κ1) is 41.3. The van der Waals surface area contributed by atoms with Crippen molar-refractivity contribution in [3.8, 4) is 0 Å². The van der Waals surface area contributed by atoms with Gasteiger partial charge in [0.2, 0.25) is 23.5 Å². The van der Waals surface area contributed by atoms with Crippen LogP contribution in [0.1, 0.15) is 79.7 Å². The summed E-state index contributed by atoms with van der Waals surface area (Å²) in [4.78, 5) is 80.3. The highest BCUT2D eigenvalue weighted by Crippen LogP contribution is 2.25. The zero-order valence-electron chi connectivity index (χ0n) is 30.9. The number of nitrogens with two attached hydrogens (primary N) is 1. The van der Waals surface area contributed by atoms with Gasteiger partial charge in [-0.15, -0.1) is 0 Å². The summed E-state index contributed by atoms with van der Waals surface area (Å²) in [6.07, 6.45) is -0.471. The third-order valence-electron chi connectivity index (χ3n) is 8.80. The van der Waals surface area contributed by atoms with E-state index in [9.17, 15) is 28.8 Å². The van der Waals surface area contributed by atoms with Crippen LogP contribution < -0.4 is 27.0 Å². The van der Waals surface area contributed by atoms with Gasteiger partial charge in [0.05, 0.1) is 44.1 Å². The Balaban J connectivity index is 1.76. The van der Waals surface area contributed by atoms with Crippen LogP contribution in [0.3, 0.4) is 0 Å². The summed E-state index contributed by atoms with van der Waals surface area (Å²) in [5, 5.41) is 10.9. The fraction of sp³-hybridized carbons (Fsp3) is 0.667. The number of primary amides is 1. The highest BCUT2D eigenvalue weighted by molar-refractivity contribution is 6.38. The Morgan fingerprint density at radius 3 is 2.35 bits per heavy atom. The average molecular weight is 717 g/mol. The Kier molecular flexibility index (Phi) is 15.4. The van der Waals surface area contributed by atoms with E-state index < -0.39 is 71.5 Å². The lowest BCUT2D eigenvalue weighted by molar-refractivity contribution is -0.154. The lowest BCUT2D eigenvalue weighted by Gasteiger charge is -2.41. The van der Waals surface area contributed by atoms with Gasteiger partial charge in [-0.25, -0.2) is 4.79 Å². The van der Waals surface area contributed by atoms with Crippen LogP contribution in [0, 0.1) is 11.8 Å². The van der Waals surface area contributed by atoms with Crippen molar-refractivity contribution in [1.29, 1.82) is 0 Å². The van der Waals surface area contributed by atoms with E-state index in [-0.39, 0.29) is 57.1 Å². The zero-order valence-corrected chi connectivity index (χ0v) is 30.9. The summed E-state index contributed by atoms with van der Waals surface area (Å²) >= 11 is 0. The number of nitrogens with zero attached hydrogens (tertiary/aromatic N) is 1. The Morgan fingerprint density at radius 2 is 1.75 bits per heavy atom. The predicted octanol–water partition coefficient (Wildman–Crippen LogP) is 1.52. The van der Waals surface area contributed by atoms with Crippen LogP contribution in [0.15, 0.2) is 30.3 Å². The van der Waals surface area contributed by atoms with Crippen molar-refractivity contribution in [3.63, 3.8) is 0 Å². The second-order valence-electron chi connectivity index (χ2n) is 14.4. The molecular formula is C36H56N6O9. The van der Waals surface area contributed by atoms with Crippen molar-refractivity contribution in [2.24, 2.45) is 17.6 Å². The molecule has 2 fully saturated rings. The number of ether oxygens (including phenoxy) is 3. The van der Waals surface area contributed by atoms with Crippen LogP contribution in [-0.4, -0.2) is 102 Å². The van der Waals surface area contributed by atoms with Gasteiger partial charge in [-0.05, 0) is 44.1 Å². The van der Waals surface area contributed by atoms with Gasteiger partial charge in [0.1, 0.15) is 17.8 Å². The van der Waals surface area contributed by atoms with Crippen LogP contribution in [0.4, 0.5) is 4.79 Å². The van der Waals surface area contributed by atoms with Crippen LogP contribution in [0.2, 0.25) is 0 Å². The second kappa shape index (κ2) is 19.0. The molecule has 0 spiro atoms. The van der Waals surface area contributed by atoms with Crippen molar-refractivity contribution < 1.29 is 43.0 Å². The largest absolute Gasteiger partial charge is 0.449 e. The first-order valence-corrected chi connectivity index (χ1v) is 17.8. The molecule has 15 heteroatoms. The number of carbonyl (C=O) groups excluding carboxylic acids is 6. The number of hydrogen-bond donors (Lipinski definition) is 5. The number of amides is 5. The Morgan fingerprint density at radius 1 is 1.06 bits per heavy atom. The highest BCUT2D eigenvalue weighted by Gasteiger charge is 2.45. The van der Waals surface area contributed by atoms with Crippen molar-refractivity contribution in [2.75, 3.05) is 19.7 Å². The average Bonchev–Trinajstić information content (AvgIpc) is 3.51. The summed E-state index contributed by atoms with van der Waals surface area (Å²) in [7, 11) is 0. The highest BCUT2D eigenvalue weighted by atomic mass is 16.5. The Hall–Kier alpha value is -4.08. The number of ketones is 1. The van der Waals surface area contributed by atoms with Gasteiger partial charge >= 0.3 is 6.09 Å². The maximum atomic E-state index is 14.0. The molecule has 2 aliphatic rings. The minimum absolute atomic E-state index is 0.0683. The molecular weight excluding hydrogens is 660 g/mol. The number of carbonyl (C=O) groups is 6. The topological polar surface area (TPSA) is 207 Å². The van der Waals surface area contributed by atoms with Crippen molar-refractivity contribution in [1.82, 2.24) is 26.2 Å². The van der Waals surface area contributed by atoms with E-state index in [0.717, 1.165) is 5.56 Å². The molecule has 2 heterocycles. The van der Waals surface area contributed by atoms with E-state index in [1.165, 1.54) is 4.90 Å². The lowest BCUT2D eigenvalue weighted by Crippen LogP contribution is -2.65. The number of nitrogens with one attached hydrogen (secondary N) is 4. The molecule has 0 radical (unpaired) electrons. The van der Waals surface area contributed by atoms with Crippen molar-refractivity contribution >= 4 is 35.5 Å². The molecule has 1 aromatic rings. The maximum absolute atomic E-state index is 14.0. The molecule has 0 aliphatic carbocycles. The van der Waals surface area contributed by atoms with Crippen LogP contribution >= 0.6 is 0 Å². The zero-order chi connectivity index (χ0) is 37.9. The molecule has 1 aromatic carbocycles. The number of likely N-dealkylation sites (tertiary alicyclic amines) is 1. The number of alkyl carbamates (subject to hydrolysis) is 1. The molecule has 0 aromatic heterocycles. The van der Waals surface area contributed by atoms with Crippen molar-refractivity contribution in [2.45, 2.75) is 123 Å². The Bertz CT molecular complexity index is 1380. The summed E-state index contributed by atoms with van der Waals surface area (Å²) in [5.41, 5.74) is 5.23. The van der Waals surface area contributed by atoms with E-state index in [4.69, 9.17) is 19.9 Å². The van der Waals surface area contributed by atoms with Gasteiger partial charge in [-0.3, -0.25) is 29.3 Å². The first-order valence-electron chi connectivity index (χ1n) is 17.8. The molecule has 5 amide bonds. The van der Waals surface area contributed by atoms with E-state index in [1.54, 1.807) is 27.7 Å². The van der Waals surface area contributed by atoms with Gasteiger partial charge in [0.15, 0.2) is 0 Å². The van der Waals surface area contributed by atoms with E-state index in [0.29, 0.717) is 12.8 Å². The van der Waals surface area contributed by atoms with Gasteiger partial charge in [0, 0.05) is 13.0 Å². The van der Waals surface area contributed by atoms with E-state index in [1.807, 2.05) is 51.1 Å². The minimum atomic E-state index is -1.18. The molecule has 284 valence electrons. The maximum Gasteiger partial charge on any atom is 0.407 e. The van der Waals surface area contributed by atoms with Gasteiger partial charge in [-0.2, -0.15) is 0 Å². The third kappa shape index (κ3) is 12.3. The Labute approximate surface area is 300 Å². The molecule has 0 saturated carbocycles. The molecule has 15 nitrogen and oxygen atoms in total. The molecule has 2 aliphatic heterocycles.